The molecular weight excluding hydrogens is 393 g/mol. The van der Waals surface area contributed by atoms with E-state index in [1.807, 2.05) is 0 Å². The molecule has 0 fully saturated rings. The number of aromatic nitrogens is 6. The first-order valence-electron chi connectivity index (χ1n) is 8.88. The van der Waals surface area contributed by atoms with Gasteiger partial charge in [-0.15, -0.1) is 5.10 Å². The summed E-state index contributed by atoms with van der Waals surface area (Å²) in [4.78, 5) is 16.6. The summed E-state index contributed by atoms with van der Waals surface area (Å²) in [6.45, 7) is 3.49. The van der Waals surface area contributed by atoms with E-state index in [1.165, 1.54) is 22.9 Å². The fourth-order valence-corrected chi connectivity index (χ4v) is 2.66. The van der Waals surface area contributed by atoms with Crippen LogP contribution in [0, 0.1) is 19.7 Å². The maximum Gasteiger partial charge on any atom is 0.255 e. The first-order valence-corrected chi connectivity index (χ1v) is 8.88. The number of carbonyl (C=O) groups is 1. The molecule has 152 valence electrons. The van der Waals surface area contributed by atoms with Crippen LogP contribution in [0.1, 0.15) is 27.9 Å². The van der Waals surface area contributed by atoms with Crippen molar-refractivity contribution < 1.29 is 18.4 Å². The summed E-state index contributed by atoms with van der Waals surface area (Å²) in [5, 5.41) is 17.5. The van der Waals surface area contributed by atoms with Crippen LogP contribution in [0.2, 0.25) is 0 Å². The van der Waals surface area contributed by atoms with Gasteiger partial charge in [0.15, 0.2) is 12.4 Å². The highest BCUT2D eigenvalue weighted by molar-refractivity contribution is 6.04. The van der Waals surface area contributed by atoms with Crippen molar-refractivity contribution in [2.24, 2.45) is 0 Å². The molecule has 0 radical (unpaired) electrons. The van der Waals surface area contributed by atoms with Crippen LogP contribution in [0.25, 0.3) is 5.69 Å². The van der Waals surface area contributed by atoms with Gasteiger partial charge in [0.2, 0.25) is 11.7 Å². The first kappa shape index (κ1) is 19.2. The molecule has 1 N–H and O–H groups in total. The van der Waals surface area contributed by atoms with Gasteiger partial charge < -0.3 is 14.6 Å². The molecule has 0 spiro atoms. The van der Waals surface area contributed by atoms with Crippen molar-refractivity contribution in [1.82, 2.24) is 30.3 Å². The maximum atomic E-state index is 14.2. The van der Waals surface area contributed by atoms with Gasteiger partial charge in [0.05, 0.1) is 0 Å². The number of ether oxygens (including phenoxy) is 1. The Labute approximate surface area is 169 Å². The number of rotatable bonds is 6. The van der Waals surface area contributed by atoms with Crippen LogP contribution in [0.4, 0.5) is 10.1 Å². The first-order chi connectivity index (χ1) is 14.5. The van der Waals surface area contributed by atoms with Crippen molar-refractivity contribution in [3.63, 3.8) is 0 Å². The van der Waals surface area contributed by atoms with Crippen LogP contribution in [-0.4, -0.2) is 36.3 Å². The molecule has 4 aromatic rings. The highest BCUT2D eigenvalue weighted by Crippen LogP contribution is 2.20. The van der Waals surface area contributed by atoms with E-state index in [0.29, 0.717) is 34.5 Å². The molecule has 0 aliphatic rings. The summed E-state index contributed by atoms with van der Waals surface area (Å²) < 4.78 is 25.8. The molecule has 1 amide bonds. The zero-order valence-electron chi connectivity index (χ0n) is 16.0. The van der Waals surface area contributed by atoms with Gasteiger partial charge in [-0.25, -0.2) is 4.39 Å². The van der Waals surface area contributed by atoms with Crippen LogP contribution in [0.3, 0.4) is 0 Å². The average molecular weight is 409 g/mol. The Morgan fingerprint density at radius 2 is 2.00 bits per heavy atom. The standard InChI is InChI=1S/C19H16FN7O3/c1-11-23-25-26-27(11)17-9-14(5-8-16(17)20)22-19(28)13-3-6-15(7-4-13)29-10-18-21-12(2)30-24-18/h3-9H,10H2,1-2H3,(H,22,28). The van der Waals surface area contributed by atoms with E-state index in [9.17, 15) is 9.18 Å². The van der Waals surface area contributed by atoms with E-state index in [0.717, 1.165) is 0 Å². The molecule has 2 aromatic heterocycles. The van der Waals surface area contributed by atoms with E-state index in [-0.39, 0.29) is 18.2 Å². The van der Waals surface area contributed by atoms with Gasteiger partial charge in [0.1, 0.15) is 17.3 Å². The minimum absolute atomic E-state index is 0.135. The molecule has 0 aliphatic carbocycles. The van der Waals surface area contributed by atoms with E-state index in [1.54, 1.807) is 38.1 Å². The molecular formula is C19H16FN7O3. The molecule has 0 saturated carbocycles. The molecule has 11 heteroatoms. The lowest BCUT2D eigenvalue weighted by Gasteiger charge is -2.09. The van der Waals surface area contributed by atoms with Crippen LogP contribution < -0.4 is 10.1 Å². The lowest BCUT2D eigenvalue weighted by atomic mass is 10.2. The molecule has 10 nitrogen and oxygen atoms in total. The number of benzene rings is 2. The second kappa shape index (κ2) is 8.07. The summed E-state index contributed by atoms with van der Waals surface area (Å²) in [5.41, 5.74) is 0.942. The number of amides is 1. The number of anilines is 1. The highest BCUT2D eigenvalue weighted by atomic mass is 19.1. The number of carbonyl (C=O) groups excluding carboxylic acids is 1. The predicted molar refractivity (Wildman–Crippen MR) is 102 cm³/mol. The smallest absolute Gasteiger partial charge is 0.255 e. The van der Waals surface area contributed by atoms with Crippen LogP contribution in [0.15, 0.2) is 47.0 Å². The maximum absolute atomic E-state index is 14.2. The Morgan fingerprint density at radius 1 is 1.20 bits per heavy atom. The Hall–Kier alpha value is -4.15. The topological polar surface area (TPSA) is 121 Å². The fraction of sp³-hybridized carbons (Fsp3) is 0.158. The number of hydrogen-bond acceptors (Lipinski definition) is 8. The van der Waals surface area contributed by atoms with Crippen molar-refractivity contribution in [2.75, 3.05) is 5.32 Å². The summed E-state index contributed by atoms with van der Waals surface area (Å²) in [5.74, 6) is 0.985. The second-order valence-corrected chi connectivity index (χ2v) is 6.30. The van der Waals surface area contributed by atoms with Gasteiger partial charge >= 0.3 is 0 Å². The number of halogens is 1. The third kappa shape index (κ3) is 4.14. The Bertz CT molecular complexity index is 1190. The summed E-state index contributed by atoms with van der Waals surface area (Å²) in [6, 6.07) is 10.7. The normalized spacial score (nSPS) is 10.8. The molecule has 0 atom stereocenters. The monoisotopic (exact) mass is 409 g/mol. The fourth-order valence-electron chi connectivity index (χ4n) is 2.66. The van der Waals surface area contributed by atoms with E-state index >= 15 is 0 Å². The Balaban J connectivity index is 1.43. The van der Waals surface area contributed by atoms with E-state index in [2.05, 4.69) is 31.0 Å². The highest BCUT2D eigenvalue weighted by Gasteiger charge is 2.13. The second-order valence-electron chi connectivity index (χ2n) is 6.30. The average Bonchev–Trinajstić information content (AvgIpc) is 3.36. The third-order valence-electron chi connectivity index (χ3n) is 4.11. The number of nitrogens with zero attached hydrogens (tertiary/aromatic N) is 6. The van der Waals surface area contributed by atoms with Crippen molar-refractivity contribution in [3.05, 3.63) is 71.4 Å². The van der Waals surface area contributed by atoms with Crippen molar-refractivity contribution >= 4 is 11.6 Å². The molecule has 30 heavy (non-hydrogen) atoms. The Morgan fingerprint density at radius 3 is 2.67 bits per heavy atom. The predicted octanol–water partition coefficient (Wildman–Crippen LogP) is 2.63. The molecule has 0 bridgehead atoms. The third-order valence-corrected chi connectivity index (χ3v) is 4.11. The zero-order valence-corrected chi connectivity index (χ0v) is 16.0. The lowest BCUT2D eigenvalue weighted by molar-refractivity contribution is 0.102. The SMILES string of the molecule is Cc1nc(COc2ccc(C(=O)Nc3ccc(F)c(-n4nnnc4C)c3)cc2)no1. The zero-order chi connectivity index (χ0) is 21.1. The number of aryl methyl sites for hydroxylation is 2. The lowest BCUT2D eigenvalue weighted by Crippen LogP contribution is -2.13. The minimum Gasteiger partial charge on any atom is -0.485 e. The van der Waals surface area contributed by atoms with Gasteiger partial charge in [0, 0.05) is 18.2 Å². The molecule has 0 aliphatic heterocycles. The number of tetrazole rings is 1. The number of hydrogen-bond donors (Lipinski definition) is 1. The minimum atomic E-state index is -0.512. The van der Waals surface area contributed by atoms with Gasteiger partial charge in [-0.05, 0) is 59.8 Å². The van der Waals surface area contributed by atoms with Gasteiger partial charge in [-0.3, -0.25) is 4.79 Å². The van der Waals surface area contributed by atoms with Crippen LogP contribution in [0.5, 0.6) is 5.75 Å². The Kier molecular flexibility index (Phi) is 5.16. The molecule has 2 heterocycles. The van der Waals surface area contributed by atoms with Gasteiger partial charge in [0.25, 0.3) is 5.91 Å². The van der Waals surface area contributed by atoms with Crippen LogP contribution >= 0.6 is 0 Å². The summed E-state index contributed by atoms with van der Waals surface area (Å²) in [6.07, 6.45) is 0. The van der Waals surface area contributed by atoms with E-state index in [4.69, 9.17) is 9.26 Å². The largest absolute Gasteiger partial charge is 0.485 e. The summed E-state index contributed by atoms with van der Waals surface area (Å²) in [7, 11) is 0. The van der Waals surface area contributed by atoms with Crippen molar-refractivity contribution in [1.29, 1.82) is 0 Å². The molecule has 0 unspecified atom stereocenters. The van der Waals surface area contributed by atoms with Crippen LogP contribution in [-0.2, 0) is 6.61 Å². The summed E-state index contributed by atoms with van der Waals surface area (Å²) >= 11 is 0. The molecule has 0 saturated heterocycles. The van der Waals surface area contributed by atoms with Crippen molar-refractivity contribution in [3.8, 4) is 11.4 Å². The van der Waals surface area contributed by atoms with Crippen molar-refractivity contribution in [2.45, 2.75) is 20.5 Å². The number of nitrogens with one attached hydrogen (secondary N) is 1. The van der Waals surface area contributed by atoms with Gasteiger partial charge in [-0.2, -0.15) is 9.67 Å². The molecule has 4 rings (SSSR count). The van der Waals surface area contributed by atoms with Gasteiger partial charge in [-0.1, -0.05) is 5.16 Å². The van der Waals surface area contributed by atoms with E-state index < -0.39 is 5.82 Å². The molecule has 2 aromatic carbocycles. The quantitative estimate of drug-likeness (QED) is 0.516.